The zero-order valence-electron chi connectivity index (χ0n) is 11.5. The van der Waals surface area contributed by atoms with Crippen LogP contribution < -0.4 is 10.6 Å². The quantitative estimate of drug-likeness (QED) is 0.883. The maximum absolute atomic E-state index is 11.9. The Balaban J connectivity index is 1.52. The second kappa shape index (κ2) is 6.41. The molecule has 1 fully saturated rings. The first-order valence-corrected chi connectivity index (χ1v) is 6.96. The van der Waals surface area contributed by atoms with E-state index in [2.05, 4.69) is 15.6 Å². The normalized spacial score (nSPS) is 17.6. The molecule has 3 rings (SSSR count). The Bertz CT molecular complexity index is 575. The largest absolute Gasteiger partial charge is 0.467 e. The van der Waals surface area contributed by atoms with E-state index in [0.29, 0.717) is 19.0 Å². The molecule has 110 valence electrons. The van der Waals surface area contributed by atoms with Gasteiger partial charge in [0.1, 0.15) is 17.7 Å². The third-order valence-electron chi connectivity index (χ3n) is 3.28. The van der Waals surface area contributed by atoms with Gasteiger partial charge in [0.25, 0.3) is 5.91 Å². The number of carbonyl (C=O) groups excluding carboxylic acids is 1. The van der Waals surface area contributed by atoms with Crippen LogP contribution >= 0.6 is 0 Å². The first-order chi connectivity index (χ1) is 10.3. The molecule has 1 unspecified atom stereocenters. The molecule has 0 saturated carbocycles. The summed E-state index contributed by atoms with van der Waals surface area (Å²) in [6.07, 6.45) is 4.67. The number of nitrogens with one attached hydrogen (secondary N) is 2. The van der Waals surface area contributed by atoms with Gasteiger partial charge in [-0.2, -0.15) is 0 Å². The highest BCUT2D eigenvalue weighted by molar-refractivity contribution is 5.93. The van der Waals surface area contributed by atoms with Crippen LogP contribution in [0.5, 0.6) is 0 Å². The van der Waals surface area contributed by atoms with Crippen LogP contribution in [0.1, 0.15) is 18.6 Å². The van der Waals surface area contributed by atoms with Crippen LogP contribution in [0.25, 0.3) is 0 Å². The molecule has 1 aliphatic heterocycles. The summed E-state index contributed by atoms with van der Waals surface area (Å²) in [7, 11) is 0. The highest BCUT2D eigenvalue weighted by atomic mass is 16.5. The van der Waals surface area contributed by atoms with Crippen LogP contribution in [0.2, 0.25) is 0 Å². The molecule has 0 aromatic carbocycles. The Kier molecular flexibility index (Phi) is 4.16. The van der Waals surface area contributed by atoms with Crippen LogP contribution in [0, 0.1) is 0 Å². The van der Waals surface area contributed by atoms with Gasteiger partial charge in [0.2, 0.25) is 0 Å². The zero-order chi connectivity index (χ0) is 14.5. The standard InChI is InChI=1S/C15H17N3O3/c19-15(13-4-2-8-21-13)18-14-6-5-11(9-17-14)16-10-12-3-1-7-20-12/h1,3,5-7,9,13,16H,2,4,8,10H2,(H,17,18,19). The number of ether oxygens (including phenoxy) is 1. The minimum Gasteiger partial charge on any atom is -0.467 e. The number of rotatable bonds is 5. The monoisotopic (exact) mass is 287 g/mol. The molecule has 21 heavy (non-hydrogen) atoms. The average Bonchev–Trinajstić information content (AvgIpc) is 3.20. The highest BCUT2D eigenvalue weighted by Crippen LogP contribution is 2.15. The Morgan fingerprint density at radius 3 is 3.00 bits per heavy atom. The SMILES string of the molecule is O=C(Nc1ccc(NCc2ccco2)cn1)C1CCCO1. The molecule has 3 heterocycles. The Hall–Kier alpha value is -2.34. The molecule has 0 radical (unpaired) electrons. The summed E-state index contributed by atoms with van der Waals surface area (Å²) in [5, 5.41) is 5.95. The summed E-state index contributed by atoms with van der Waals surface area (Å²) < 4.78 is 10.6. The lowest BCUT2D eigenvalue weighted by atomic mass is 10.2. The molecular weight excluding hydrogens is 270 g/mol. The molecule has 1 aliphatic rings. The number of hydrogen-bond donors (Lipinski definition) is 2. The number of hydrogen-bond acceptors (Lipinski definition) is 5. The fourth-order valence-electron chi connectivity index (χ4n) is 2.17. The van der Waals surface area contributed by atoms with Crippen molar-refractivity contribution in [2.45, 2.75) is 25.5 Å². The molecule has 0 bridgehead atoms. The molecule has 1 atom stereocenters. The van der Waals surface area contributed by atoms with E-state index in [1.165, 1.54) is 0 Å². The molecule has 6 nitrogen and oxygen atoms in total. The van der Waals surface area contributed by atoms with Gasteiger partial charge in [-0.3, -0.25) is 4.79 Å². The molecule has 1 saturated heterocycles. The maximum atomic E-state index is 11.9. The van der Waals surface area contributed by atoms with E-state index in [0.717, 1.165) is 24.3 Å². The lowest BCUT2D eigenvalue weighted by molar-refractivity contribution is -0.124. The topological polar surface area (TPSA) is 76.4 Å². The third-order valence-corrected chi connectivity index (χ3v) is 3.28. The fraction of sp³-hybridized carbons (Fsp3) is 0.333. The summed E-state index contributed by atoms with van der Waals surface area (Å²) in [6, 6.07) is 7.37. The van der Waals surface area contributed by atoms with Crippen molar-refractivity contribution in [3.63, 3.8) is 0 Å². The molecule has 6 heteroatoms. The Morgan fingerprint density at radius 1 is 1.38 bits per heavy atom. The van der Waals surface area contributed by atoms with E-state index < -0.39 is 0 Å². The van der Waals surface area contributed by atoms with Crippen LogP contribution in [0.4, 0.5) is 11.5 Å². The van der Waals surface area contributed by atoms with E-state index in [-0.39, 0.29) is 12.0 Å². The van der Waals surface area contributed by atoms with Crippen LogP contribution in [-0.2, 0) is 16.1 Å². The number of anilines is 2. The van der Waals surface area contributed by atoms with Gasteiger partial charge in [0.05, 0.1) is 24.7 Å². The van der Waals surface area contributed by atoms with Crippen molar-refractivity contribution < 1.29 is 13.9 Å². The van der Waals surface area contributed by atoms with E-state index in [4.69, 9.17) is 9.15 Å². The lowest BCUT2D eigenvalue weighted by Gasteiger charge is -2.10. The number of amides is 1. The summed E-state index contributed by atoms with van der Waals surface area (Å²) in [6.45, 7) is 1.25. The van der Waals surface area contributed by atoms with Gasteiger partial charge in [0.15, 0.2) is 0 Å². The minimum atomic E-state index is -0.344. The van der Waals surface area contributed by atoms with Gasteiger partial charge in [-0.05, 0) is 37.1 Å². The first kappa shape index (κ1) is 13.6. The zero-order valence-corrected chi connectivity index (χ0v) is 11.5. The van der Waals surface area contributed by atoms with E-state index >= 15 is 0 Å². The molecule has 2 aromatic rings. The van der Waals surface area contributed by atoms with Gasteiger partial charge >= 0.3 is 0 Å². The predicted octanol–water partition coefficient (Wildman–Crippen LogP) is 2.40. The second-order valence-corrected chi connectivity index (χ2v) is 4.86. The lowest BCUT2D eigenvalue weighted by Crippen LogP contribution is -2.27. The van der Waals surface area contributed by atoms with Crippen molar-refractivity contribution in [1.82, 2.24) is 4.98 Å². The molecule has 1 amide bonds. The number of furan rings is 1. The minimum absolute atomic E-state index is 0.128. The van der Waals surface area contributed by atoms with E-state index in [1.54, 1.807) is 18.5 Å². The van der Waals surface area contributed by atoms with Crippen molar-refractivity contribution in [2.75, 3.05) is 17.2 Å². The van der Waals surface area contributed by atoms with Gasteiger partial charge < -0.3 is 19.8 Å². The molecule has 2 N–H and O–H groups in total. The fourth-order valence-corrected chi connectivity index (χ4v) is 2.17. The van der Waals surface area contributed by atoms with Gasteiger partial charge in [0, 0.05) is 6.61 Å². The highest BCUT2D eigenvalue weighted by Gasteiger charge is 2.23. The maximum Gasteiger partial charge on any atom is 0.254 e. The van der Waals surface area contributed by atoms with E-state index in [9.17, 15) is 4.79 Å². The van der Waals surface area contributed by atoms with Gasteiger partial charge in [-0.1, -0.05) is 0 Å². The van der Waals surface area contributed by atoms with Crippen molar-refractivity contribution in [2.24, 2.45) is 0 Å². The Labute approximate surface area is 122 Å². The predicted molar refractivity (Wildman–Crippen MR) is 77.9 cm³/mol. The van der Waals surface area contributed by atoms with Crippen molar-refractivity contribution in [1.29, 1.82) is 0 Å². The van der Waals surface area contributed by atoms with Crippen LogP contribution in [0.15, 0.2) is 41.1 Å². The molecule has 0 spiro atoms. The summed E-state index contributed by atoms with van der Waals surface area (Å²) >= 11 is 0. The van der Waals surface area contributed by atoms with Crippen molar-refractivity contribution >= 4 is 17.4 Å². The van der Waals surface area contributed by atoms with E-state index in [1.807, 2.05) is 18.2 Å². The van der Waals surface area contributed by atoms with Crippen molar-refractivity contribution in [3.8, 4) is 0 Å². The molecule has 2 aromatic heterocycles. The van der Waals surface area contributed by atoms with Crippen LogP contribution in [-0.4, -0.2) is 23.6 Å². The first-order valence-electron chi connectivity index (χ1n) is 6.96. The van der Waals surface area contributed by atoms with Crippen LogP contribution in [0.3, 0.4) is 0 Å². The average molecular weight is 287 g/mol. The molecule has 0 aliphatic carbocycles. The smallest absolute Gasteiger partial charge is 0.254 e. The van der Waals surface area contributed by atoms with Gasteiger partial charge in [-0.25, -0.2) is 4.98 Å². The number of pyridine rings is 1. The number of nitrogens with zero attached hydrogens (tertiary/aromatic N) is 1. The van der Waals surface area contributed by atoms with Crippen molar-refractivity contribution in [3.05, 3.63) is 42.5 Å². The van der Waals surface area contributed by atoms with Gasteiger partial charge in [-0.15, -0.1) is 0 Å². The number of carbonyl (C=O) groups is 1. The number of aromatic nitrogens is 1. The third kappa shape index (κ3) is 3.61. The summed E-state index contributed by atoms with van der Waals surface area (Å²) in [4.78, 5) is 16.1. The summed E-state index contributed by atoms with van der Waals surface area (Å²) in [5.41, 5.74) is 0.863. The summed E-state index contributed by atoms with van der Waals surface area (Å²) in [5.74, 6) is 1.25. The Morgan fingerprint density at radius 2 is 2.33 bits per heavy atom. The second-order valence-electron chi connectivity index (χ2n) is 4.86. The molecular formula is C15H17N3O3.